The number of anilines is 1. The third-order valence-corrected chi connectivity index (χ3v) is 6.43. The van der Waals surface area contributed by atoms with Crippen molar-refractivity contribution in [2.24, 2.45) is 0 Å². The maximum absolute atomic E-state index is 13.3. The molecule has 0 radical (unpaired) electrons. The first-order chi connectivity index (χ1) is 13.7. The summed E-state index contributed by atoms with van der Waals surface area (Å²) in [4.78, 5) is 31.7. The number of nitrogens with one attached hydrogen (secondary N) is 2. The van der Waals surface area contributed by atoms with E-state index in [1.807, 2.05) is 20.8 Å². The number of carbonyl (C=O) groups excluding carboxylic acids is 2. The molecule has 2 aromatic heterocycles. The van der Waals surface area contributed by atoms with Crippen LogP contribution in [-0.2, 0) is 9.53 Å². The van der Waals surface area contributed by atoms with Gasteiger partial charge >= 0.3 is 0 Å². The first-order valence-corrected chi connectivity index (χ1v) is 11.2. The highest BCUT2D eigenvalue weighted by molar-refractivity contribution is 8.01. The van der Waals surface area contributed by atoms with E-state index in [1.54, 1.807) is 11.4 Å². The van der Waals surface area contributed by atoms with Crippen LogP contribution in [0, 0.1) is 5.82 Å². The summed E-state index contributed by atoms with van der Waals surface area (Å²) in [7, 11) is 0. The third kappa shape index (κ3) is 6.20. The fraction of sp³-hybridized carbons (Fsp3) is 0.333. The van der Waals surface area contributed by atoms with E-state index in [2.05, 4.69) is 20.6 Å². The quantitative estimate of drug-likeness (QED) is 0.302. The van der Waals surface area contributed by atoms with Crippen LogP contribution in [0.3, 0.4) is 0 Å². The SMILES string of the molecule is CC(C)(C)OC(CSc1nc(C(=O)Nc2nc3cc(F)ccc3s2)cs1)NC=O. The molecular formula is C18H19FN4O3S3. The fourth-order valence-electron chi connectivity index (χ4n) is 2.31. The summed E-state index contributed by atoms with van der Waals surface area (Å²) in [6.07, 6.45) is 0.128. The number of amides is 2. The van der Waals surface area contributed by atoms with Crippen LogP contribution >= 0.6 is 34.4 Å². The Kier molecular flexibility index (Phi) is 6.83. The van der Waals surface area contributed by atoms with Crippen molar-refractivity contribution in [3.8, 4) is 0 Å². The Bertz CT molecular complexity index is 1020. The van der Waals surface area contributed by atoms with E-state index in [1.165, 1.54) is 46.6 Å². The second kappa shape index (κ2) is 9.16. The average Bonchev–Trinajstić information content (AvgIpc) is 3.24. The third-order valence-electron chi connectivity index (χ3n) is 3.39. The number of ether oxygens (including phenoxy) is 1. The first kappa shape index (κ1) is 21.6. The molecule has 2 amide bonds. The van der Waals surface area contributed by atoms with Gasteiger partial charge < -0.3 is 10.1 Å². The molecule has 0 aliphatic rings. The summed E-state index contributed by atoms with van der Waals surface area (Å²) < 4.78 is 20.5. The Morgan fingerprint density at radius 3 is 2.90 bits per heavy atom. The predicted octanol–water partition coefficient (Wildman–Crippen LogP) is 4.12. The molecule has 1 aromatic carbocycles. The van der Waals surface area contributed by atoms with Crippen molar-refractivity contribution in [2.45, 2.75) is 36.9 Å². The van der Waals surface area contributed by atoms with E-state index >= 15 is 0 Å². The molecule has 3 rings (SSSR count). The van der Waals surface area contributed by atoms with Gasteiger partial charge in [-0.3, -0.25) is 14.9 Å². The van der Waals surface area contributed by atoms with Crippen molar-refractivity contribution in [1.82, 2.24) is 15.3 Å². The van der Waals surface area contributed by atoms with Gasteiger partial charge in [-0.1, -0.05) is 23.1 Å². The van der Waals surface area contributed by atoms with Crippen LogP contribution in [0.1, 0.15) is 31.3 Å². The van der Waals surface area contributed by atoms with Crippen LogP contribution in [-0.4, -0.2) is 39.9 Å². The van der Waals surface area contributed by atoms with Crippen LogP contribution in [0.5, 0.6) is 0 Å². The van der Waals surface area contributed by atoms with Crippen molar-refractivity contribution in [3.05, 3.63) is 35.1 Å². The van der Waals surface area contributed by atoms with Crippen molar-refractivity contribution < 1.29 is 18.7 Å². The number of halogens is 1. The van der Waals surface area contributed by atoms with Gasteiger partial charge in [0.2, 0.25) is 6.41 Å². The summed E-state index contributed by atoms with van der Waals surface area (Å²) >= 11 is 3.98. The van der Waals surface area contributed by atoms with E-state index in [0.717, 1.165) is 4.70 Å². The molecule has 11 heteroatoms. The molecule has 0 saturated carbocycles. The molecule has 0 spiro atoms. The minimum absolute atomic E-state index is 0.263. The lowest BCUT2D eigenvalue weighted by molar-refractivity contribution is -0.117. The van der Waals surface area contributed by atoms with E-state index in [9.17, 15) is 14.0 Å². The molecule has 0 fully saturated rings. The van der Waals surface area contributed by atoms with Crippen molar-refractivity contribution in [3.63, 3.8) is 0 Å². The second-order valence-corrected chi connectivity index (χ2v) is 10.1. The number of thiazole rings is 2. The summed E-state index contributed by atoms with van der Waals surface area (Å²) in [6.45, 7) is 5.71. The Labute approximate surface area is 179 Å². The van der Waals surface area contributed by atoms with Crippen LogP contribution in [0.2, 0.25) is 0 Å². The summed E-state index contributed by atoms with van der Waals surface area (Å²) in [5.41, 5.74) is 0.349. The summed E-state index contributed by atoms with van der Waals surface area (Å²) in [5, 5.41) is 7.35. The number of nitrogens with zero attached hydrogens (tertiary/aromatic N) is 2. The Morgan fingerprint density at radius 2 is 2.17 bits per heavy atom. The van der Waals surface area contributed by atoms with Crippen LogP contribution < -0.4 is 10.6 Å². The topological polar surface area (TPSA) is 93.2 Å². The maximum Gasteiger partial charge on any atom is 0.276 e. The first-order valence-electron chi connectivity index (χ1n) is 8.57. The monoisotopic (exact) mass is 454 g/mol. The zero-order valence-electron chi connectivity index (χ0n) is 15.9. The van der Waals surface area contributed by atoms with Crippen molar-refractivity contribution >= 4 is 62.1 Å². The molecule has 3 aromatic rings. The molecule has 0 aliphatic heterocycles. The molecular weight excluding hydrogens is 435 g/mol. The highest BCUT2D eigenvalue weighted by atomic mass is 32.2. The largest absolute Gasteiger partial charge is 0.352 e. The Balaban J connectivity index is 1.60. The van der Waals surface area contributed by atoms with Crippen LogP contribution in [0.4, 0.5) is 9.52 Å². The minimum Gasteiger partial charge on any atom is -0.352 e. The molecule has 29 heavy (non-hydrogen) atoms. The summed E-state index contributed by atoms with van der Waals surface area (Å²) in [5.74, 6) is -0.311. The van der Waals surface area contributed by atoms with E-state index in [-0.39, 0.29) is 17.4 Å². The lowest BCUT2D eigenvalue weighted by Crippen LogP contribution is -2.39. The van der Waals surface area contributed by atoms with Gasteiger partial charge in [-0.25, -0.2) is 14.4 Å². The molecule has 2 heterocycles. The zero-order valence-corrected chi connectivity index (χ0v) is 18.3. The highest BCUT2D eigenvalue weighted by Gasteiger charge is 2.20. The van der Waals surface area contributed by atoms with Gasteiger partial charge in [-0.15, -0.1) is 11.3 Å². The molecule has 154 valence electrons. The van der Waals surface area contributed by atoms with Gasteiger partial charge in [-0.2, -0.15) is 0 Å². The lowest BCUT2D eigenvalue weighted by atomic mass is 10.2. The molecule has 1 unspecified atom stereocenters. The number of fused-ring (bicyclic) bond motifs is 1. The number of hydrogen-bond acceptors (Lipinski definition) is 8. The molecule has 2 N–H and O–H groups in total. The van der Waals surface area contributed by atoms with Gasteiger partial charge in [0.05, 0.1) is 15.8 Å². The zero-order chi connectivity index (χ0) is 21.0. The van der Waals surface area contributed by atoms with E-state index < -0.39 is 11.8 Å². The molecule has 0 aliphatic carbocycles. The maximum atomic E-state index is 13.3. The predicted molar refractivity (Wildman–Crippen MR) is 114 cm³/mol. The van der Waals surface area contributed by atoms with Gasteiger partial charge in [0.1, 0.15) is 17.7 Å². The average molecular weight is 455 g/mol. The number of benzene rings is 1. The Morgan fingerprint density at radius 1 is 1.38 bits per heavy atom. The number of rotatable bonds is 8. The van der Waals surface area contributed by atoms with E-state index in [0.29, 0.717) is 27.2 Å². The Hall–Kier alpha value is -2.08. The van der Waals surface area contributed by atoms with Crippen LogP contribution in [0.25, 0.3) is 10.2 Å². The van der Waals surface area contributed by atoms with E-state index in [4.69, 9.17) is 4.74 Å². The molecule has 7 nitrogen and oxygen atoms in total. The molecule has 0 bridgehead atoms. The number of carbonyl (C=O) groups is 2. The normalized spacial score (nSPS) is 12.7. The van der Waals surface area contributed by atoms with Crippen LogP contribution in [0.15, 0.2) is 27.9 Å². The molecule has 0 saturated heterocycles. The van der Waals surface area contributed by atoms with Crippen molar-refractivity contribution in [2.75, 3.05) is 11.1 Å². The lowest BCUT2D eigenvalue weighted by Gasteiger charge is -2.26. The number of hydrogen-bond donors (Lipinski definition) is 2. The fourth-order valence-corrected chi connectivity index (χ4v) is 4.92. The van der Waals surface area contributed by atoms with Crippen molar-refractivity contribution in [1.29, 1.82) is 0 Å². The smallest absolute Gasteiger partial charge is 0.276 e. The van der Waals surface area contributed by atoms with Gasteiger partial charge in [0.15, 0.2) is 9.47 Å². The summed E-state index contributed by atoms with van der Waals surface area (Å²) in [6, 6.07) is 4.30. The van der Waals surface area contributed by atoms with Gasteiger partial charge in [0, 0.05) is 17.2 Å². The van der Waals surface area contributed by atoms with Gasteiger partial charge in [-0.05, 0) is 32.9 Å². The number of thioether (sulfide) groups is 1. The number of aromatic nitrogens is 2. The molecule has 1 atom stereocenters. The highest BCUT2D eigenvalue weighted by Crippen LogP contribution is 2.28. The minimum atomic E-state index is -0.471. The van der Waals surface area contributed by atoms with Gasteiger partial charge in [0.25, 0.3) is 5.91 Å². The second-order valence-electron chi connectivity index (χ2n) is 6.90. The standard InChI is InChI=1S/C18H19FN4O3S3/c1-18(2,3)26-14(20-9-24)8-28-17-22-12(7-27-17)15(25)23-16-21-11-6-10(19)4-5-13(11)29-16/h4-7,9,14H,8H2,1-3H3,(H,20,24)(H,21,23,25).